The van der Waals surface area contributed by atoms with E-state index in [4.69, 9.17) is 21.0 Å². The van der Waals surface area contributed by atoms with E-state index >= 15 is 0 Å². The van der Waals surface area contributed by atoms with Crippen molar-refractivity contribution >= 4 is 23.8 Å². The molecule has 3 aliphatic heterocycles. The van der Waals surface area contributed by atoms with Crippen LogP contribution >= 0.6 is 0 Å². The zero-order chi connectivity index (χ0) is 20.9. The van der Waals surface area contributed by atoms with E-state index in [-0.39, 0.29) is 23.8 Å². The first-order valence-corrected chi connectivity index (χ1v) is 8.50. The summed E-state index contributed by atoms with van der Waals surface area (Å²) in [6.07, 6.45) is -2.91. The number of nitrogen functional groups attached to an aromatic ring is 1. The Morgan fingerprint density at radius 1 is 1.36 bits per heavy atom. The Morgan fingerprint density at radius 3 is 2.46 bits per heavy atom. The van der Waals surface area contributed by atoms with Gasteiger partial charge in [0, 0.05) is 18.2 Å². The normalized spacial score (nSPS) is 23.2. The number of anilines is 1. The third-order valence-corrected chi connectivity index (χ3v) is 4.76. The zero-order valence-electron chi connectivity index (χ0n) is 14.8. The highest BCUT2D eigenvalue weighted by molar-refractivity contribution is 6.45. The quantitative estimate of drug-likeness (QED) is 0.343. The summed E-state index contributed by atoms with van der Waals surface area (Å²) in [5.74, 6) is -0.890. The molecule has 3 aliphatic rings. The molecule has 1 amide bonds. The number of hydrogen-bond donors (Lipinski definition) is 4. The van der Waals surface area contributed by atoms with Gasteiger partial charge in [-0.05, 0) is 37.9 Å². The number of amides is 1. The van der Waals surface area contributed by atoms with Gasteiger partial charge in [-0.2, -0.15) is 0 Å². The number of fused-ring (bicyclic) bond motifs is 3. The average molecular weight is 402 g/mol. The Hall–Kier alpha value is -2.82. The van der Waals surface area contributed by atoms with Gasteiger partial charge in [-0.25, -0.2) is 0 Å². The molecule has 3 fully saturated rings. The van der Waals surface area contributed by atoms with Crippen LogP contribution in [0.1, 0.15) is 18.4 Å². The number of alkyl halides is 3. The van der Waals surface area contributed by atoms with Crippen LogP contribution in [0.2, 0.25) is 0 Å². The van der Waals surface area contributed by atoms with E-state index in [1.54, 1.807) is 0 Å². The van der Waals surface area contributed by atoms with Crippen molar-refractivity contribution in [2.24, 2.45) is 5.92 Å². The van der Waals surface area contributed by atoms with Crippen LogP contribution in [-0.2, 0) is 9.59 Å². The Balaban J connectivity index is 0.000000878. The predicted molar refractivity (Wildman–Crippen MR) is 94.2 cm³/mol. The first kappa shape index (κ1) is 21.5. The Labute approximate surface area is 159 Å². The molecule has 1 atom stereocenters. The van der Waals surface area contributed by atoms with Crippen LogP contribution in [-0.4, -0.2) is 60.1 Å². The van der Waals surface area contributed by atoms with Gasteiger partial charge >= 0.3 is 6.36 Å². The minimum absolute atomic E-state index is 0.0498. The van der Waals surface area contributed by atoms with Crippen molar-refractivity contribution in [3.8, 4) is 5.75 Å². The van der Waals surface area contributed by atoms with Gasteiger partial charge in [-0.1, -0.05) is 12.1 Å². The molecule has 8 nitrogen and oxygen atoms in total. The van der Waals surface area contributed by atoms with Crippen LogP contribution in [0, 0.1) is 11.3 Å². The van der Waals surface area contributed by atoms with Gasteiger partial charge < -0.3 is 25.8 Å². The molecule has 154 valence electrons. The average Bonchev–Trinajstić information content (AvgIpc) is 2.63. The molecule has 28 heavy (non-hydrogen) atoms. The molecular formula is C17H21F3N4O4. The topological polar surface area (TPSA) is 129 Å². The second kappa shape index (κ2) is 8.91. The molecule has 2 bridgehead atoms. The second-order valence-corrected chi connectivity index (χ2v) is 6.46. The number of carbonyl (C=O) groups excluding carboxylic acids is 1. The van der Waals surface area contributed by atoms with Crippen LogP contribution < -0.4 is 15.8 Å². The minimum atomic E-state index is -4.90. The van der Waals surface area contributed by atoms with Crippen molar-refractivity contribution in [2.45, 2.75) is 25.2 Å². The maximum atomic E-state index is 12.4. The number of piperidine rings is 3. The predicted octanol–water partition coefficient (Wildman–Crippen LogP) is 1.45. The number of para-hydroxylation sites is 1. The van der Waals surface area contributed by atoms with E-state index < -0.39 is 23.7 Å². The van der Waals surface area contributed by atoms with Gasteiger partial charge in [0.1, 0.15) is 5.71 Å². The maximum Gasteiger partial charge on any atom is 0.573 e. The fourth-order valence-electron chi connectivity index (χ4n) is 3.47. The Kier molecular flexibility index (Phi) is 6.84. The summed E-state index contributed by atoms with van der Waals surface area (Å²) in [7, 11) is 0. The standard InChI is InChI=1S/C16H19F3N4O2.CH2O2/c17-16(18,19)25-12-3-1-2-10(13(12)20)14(21)15(24)22-11-8-23-6-4-9(11)5-7-23;2-1-3/h1-3,9,11,21H,4-8,20H2,(H,22,24);1H,(H,2,3)/t11-;/m0./s1. The van der Waals surface area contributed by atoms with E-state index in [0.29, 0.717) is 5.92 Å². The smallest absolute Gasteiger partial charge is 0.483 e. The van der Waals surface area contributed by atoms with Gasteiger partial charge in [-0.3, -0.25) is 15.0 Å². The first-order chi connectivity index (χ1) is 13.2. The molecule has 4 rings (SSSR count). The van der Waals surface area contributed by atoms with Crippen LogP contribution in [0.3, 0.4) is 0 Å². The van der Waals surface area contributed by atoms with E-state index in [2.05, 4.69) is 15.0 Å². The molecule has 0 saturated carbocycles. The maximum absolute atomic E-state index is 12.4. The van der Waals surface area contributed by atoms with Crippen LogP contribution in [0.25, 0.3) is 0 Å². The van der Waals surface area contributed by atoms with E-state index in [9.17, 15) is 18.0 Å². The molecule has 3 saturated heterocycles. The molecule has 0 aromatic heterocycles. The number of benzene rings is 1. The van der Waals surface area contributed by atoms with E-state index in [1.807, 2.05) is 0 Å². The minimum Gasteiger partial charge on any atom is -0.483 e. The lowest BCUT2D eigenvalue weighted by Crippen LogP contribution is -2.58. The van der Waals surface area contributed by atoms with E-state index in [1.165, 1.54) is 12.1 Å². The van der Waals surface area contributed by atoms with Crippen molar-refractivity contribution < 1.29 is 32.6 Å². The lowest BCUT2D eigenvalue weighted by Gasteiger charge is -2.44. The van der Waals surface area contributed by atoms with Crippen molar-refractivity contribution in [3.63, 3.8) is 0 Å². The molecule has 0 aliphatic carbocycles. The summed E-state index contributed by atoms with van der Waals surface area (Å²) < 4.78 is 41.0. The third-order valence-electron chi connectivity index (χ3n) is 4.76. The van der Waals surface area contributed by atoms with Crippen LogP contribution in [0.5, 0.6) is 5.75 Å². The fraction of sp³-hybridized carbons (Fsp3) is 0.471. The van der Waals surface area contributed by atoms with E-state index in [0.717, 1.165) is 38.5 Å². The highest BCUT2D eigenvalue weighted by atomic mass is 19.4. The Bertz CT molecular complexity index is 734. The van der Waals surface area contributed by atoms with Crippen molar-refractivity contribution in [3.05, 3.63) is 23.8 Å². The molecule has 0 spiro atoms. The number of carboxylic acid groups (broad SMARTS) is 1. The highest BCUT2D eigenvalue weighted by Crippen LogP contribution is 2.31. The summed E-state index contributed by atoms with van der Waals surface area (Å²) >= 11 is 0. The molecule has 5 N–H and O–H groups in total. The van der Waals surface area contributed by atoms with Crippen molar-refractivity contribution in [2.75, 3.05) is 25.4 Å². The Morgan fingerprint density at radius 2 is 1.96 bits per heavy atom. The van der Waals surface area contributed by atoms with Gasteiger partial charge in [0.25, 0.3) is 12.4 Å². The van der Waals surface area contributed by atoms with Crippen molar-refractivity contribution in [1.82, 2.24) is 10.2 Å². The summed E-state index contributed by atoms with van der Waals surface area (Å²) in [4.78, 5) is 23.0. The number of rotatable bonds is 4. The number of hydrogen-bond acceptors (Lipinski definition) is 6. The zero-order valence-corrected chi connectivity index (χ0v) is 14.8. The number of nitrogens with zero attached hydrogens (tertiary/aromatic N) is 1. The molecule has 1 aromatic carbocycles. The molecular weight excluding hydrogens is 381 g/mol. The summed E-state index contributed by atoms with van der Waals surface area (Å²) in [6, 6.07) is 3.59. The largest absolute Gasteiger partial charge is 0.573 e. The molecule has 1 aromatic rings. The van der Waals surface area contributed by atoms with Crippen LogP contribution in [0.15, 0.2) is 18.2 Å². The first-order valence-electron chi connectivity index (χ1n) is 8.50. The number of carbonyl (C=O) groups is 2. The number of ether oxygens (including phenoxy) is 1. The van der Waals surface area contributed by atoms with Crippen LogP contribution in [0.4, 0.5) is 18.9 Å². The second-order valence-electron chi connectivity index (χ2n) is 6.46. The van der Waals surface area contributed by atoms with Crippen molar-refractivity contribution in [1.29, 1.82) is 5.41 Å². The summed E-state index contributed by atoms with van der Waals surface area (Å²) in [5.41, 5.74) is 4.73. The number of nitrogens with two attached hydrogens (primary N) is 1. The lowest BCUT2D eigenvalue weighted by atomic mass is 9.84. The van der Waals surface area contributed by atoms with Gasteiger partial charge in [0.15, 0.2) is 5.75 Å². The molecule has 3 heterocycles. The highest BCUT2D eigenvalue weighted by Gasteiger charge is 2.36. The summed E-state index contributed by atoms with van der Waals surface area (Å²) in [6.45, 7) is 2.51. The third kappa shape index (κ3) is 5.35. The number of nitrogens with one attached hydrogen (secondary N) is 2. The van der Waals surface area contributed by atoms with Gasteiger partial charge in [-0.15, -0.1) is 13.2 Å². The molecule has 0 unspecified atom stereocenters. The summed E-state index contributed by atoms with van der Waals surface area (Å²) in [5, 5.41) is 17.7. The molecule has 11 heteroatoms. The fourth-order valence-corrected chi connectivity index (χ4v) is 3.47. The number of halogens is 3. The monoisotopic (exact) mass is 402 g/mol. The molecule has 0 radical (unpaired) electrons. The van der Waals surface area contributed by atoms with Gasteiger partial charge in [0.2, 0.25) is 0 Å². The lowest BCUT2D eigenvalue weighted by molar-refractivity contribution is -0.274. The SMILES string of the molecule is N=C(C(=O)N[C@H]1CN2CCC1CC2)c1cccc(OC(F)(F)F)c1N.O=CO. The van der Waals surface area contributed by atoms with Gasteiger partial charge in [0.05, 0.1) is 5.69 Å².